The van der Waals surface area contributed by atoms with E-state index in [0.29, 0.717) is 25.8 Å². The summed E-state index contributed by atoms with van der Waals surface area (Å²) in [6.07, 6.45) is 6.75. The summed E-state index contributed by atoms with van der Waals surface area (Å²) in [5.74, 6) is -6.12. The molecule has 9 aromatic rings. The second-order valence-electron chi connectivity index (χ2n) is 24.9. The maximum atomic E-state index is 15.3. The summed E-state index contributed by atoms with van der Waals surface area (Å²) in [7, 11) is 0. The predicted molar refractivity (Wildman–Crippen MR) is 397 cm³/mol. The van der Waals surface area contributed by atoms with Gasteiger partial charge in [0, 0.05) is 75.6 Å². The Morgan fingerprint density at radius 1 is 0.359 bits per heavy atom. The summed E-state index contributed by atoms with van der Waals surface area (Å²) < 4.78 is 4.63. The zero-order valence-electron chi connectivity index (χ0n) is 57.1. The normalized spacial score (nSPS) is 12.0. The number of primary amides is 1. The van der Waals surface area contributed by atoms with Gasteiger partial charge in [-0.15, -0.1) is 0 Å². The van der Waals surface area contributed by atoms with Crippen molar-refractivity contribution in [3.8, 4) is 0 Å². The van der Waals surface area contributed by atoms with E-state index in [-0.39, 0.29) is 141 Å². The van der Waals surface area contributed by atoms with Crippen molar-refractivity contribution >= 4 is 70.4 Å². The minimum absolute atomic E-state index is 0.00427. The molecule has 6 amide bonds. The van der Waals surface area contributed by atoms with Gasteiger partial charge >= 0.3 is 0 Å². The van der Waals surface area contributed by atoms with Crippen LogP contribution in [0.15, 0.2) is 201 Å². The average molecular weight is 1400 g/mol. The van der Waals surface area contributed by atoms with Crippen LogP contribution in [0.2, 0.25) is 0 Å². The third-order valence-corrected chi connectivity index (χ3v) is 17.5. The third-order valence-electron chi connectivity index (χ3n) is 17.5. The number of carbonyl (C=O) groups is 6. The molecule has 28 nitrogen and oxygen atoms in total. The van der Waals surface area contributed by atoms with E-state index in [0.717, 1.165) is 33.4 Å². The SMILES string of the molecule is N=C(N)NCCC[C@H](NC(=O)c1nn(CCC(c2ccccc2)c2ccccc2)cc1NC(=O)[C@H](CCCNC(=N)N)NC(=O)c1nn(CCC(c2ccccc2)c2ccccc2)cc1NC(=O)[C@H](CCCNC(=N)N)NC(=O)c1nn(CCC(c2ccccc2)c2ccccc2)cc1N)C(N)=O. The fraction of sp³-hybridized carbons (Fsp3) is 0.280. The van der Waals surface area contributed by atoms with E-state index in [2.05, 4.69) is 77.0 Å². The van der Waals surface area contributed by atoms with Gasteiger partial charge in [-0.25, -0.2) is 0 Å². The molecule has 103 heavy (non-hydrogen) atoms. The largest absolute Gasteiger partial charge is 0.396 e. The van der Waals surface area contributed by atoms with Crippen molar-refractivity contribution in [1.82, 2.24) is 61.2 Å². The van der Waals surface area contributed by atoms with Crippen LogP contribution in [-0.2, 0) is 34.0 Å². The number of rotatable bonds is 38. The van der Waals surface area contributed by atoms with Crippen LogP contribution in [0.3, 0.4) is 0 Å². The summed E-state index contributed by atoms with van der Waals surface area (Å²) >= 11 is 0. The molecule has 0 bridgehead atoms. The van der Waals surface area contributed by atoms with Gasteiger partial charge in [-0.3, -0.25) is 59.0 Å². The molecule has 21 N–H and O–H groups in total. The molecule has 3 heterocycles. The maximum Gasteiger partial charge on any atom is 0.274 e. The van der Waals surface area contributed by atoms with E-state index in [4.69, 9.17) is 50.0 Å². The minimum atomic E-state index is -1.42. The van der Waals surface area contributed by atoms with Crippen molar-refractivity contribution in [2.45, 2.75) is 113 Å². The maximum absolute atomic E-state index is 15.3. The molecule has 0 saturated carbocycles. The lowest BCUT2D eigenvalue weighted by molar-refractivity contribution is -0.120. The molecule has 0 aliphatic rings. The number of hydrogen-bond donors (Lipinski definition) is 16. The molecule has 0 fully saturated rings. The number of benzene rings is 6. The molecule has 0 spiro atoms. The van der Waals surface area contributed by atoms with Crippen molar-refractivity contribution in [3.05, 3.63) is 251 Å². The number of nitrogens with zero attached hydrogens (tertiary/aromatic N) is 6. The van der Waals surface area contributed by atoms with Crippen LogP contribution in [0.4, 0.5) is 17.1 Å². The van der Waals surface area contributed by atoms with Gasteiger partial charge < -0.3 is 71.2 Å². The number of carbonyl (C=O) groups excluding carboxylic acids is 6. The highest BCUT2D eigenvalue weighted by Crippen LogP contribution is 2.32. The molecule has 536 valence electrons. The number of nitrogens with two attached hydrogens (primary N) is 5. The average Bonchev–Trinajstić information content (AvgIpc) is 1.72. The van der Waals surface area contributed by atoms with E-state index in [1.54, 1.807) is 10.9 Å². The minimum Gasteiger partial charge on any atom is -0.396 e. The summed E-state index contributed by atoms with van der Waals surface area (Å²) in [6.45, 7) is 1.29. The molecule has 9 rings (SSSR count). The summed E-state index contributed by atoms with van der Waals surface area (Å²) in [5.41, 5.74) is 34.6. The molecular weight excluding hydrogens is 1300 g/mol. The highest BCUT2D eigenvalue weighted by molar-refractivity contribution is 6.08. The molecule has 0 aliphatic carbocycles. The predicted octanol–water partition coefficient (Wildman–Crippen LogP) is 6.37. The van der Waals surface area contributed by atoms with Gasteiger partial charge in [-0.1, -0.05) is 182 Å². The third kappa shape index (κ3) is 22.2. The summed E-state index contributed by atoms with van der Waals surface area (Å²) in [6, 6.07) is 55.7. The number of guanidine groups is 3. The Kier molecular flexibility index (Phi) is 27.2. The molecule has 0 saturated heterocycles. The van der Waals surface area contributed by atoms with E-state index >= 15 is 14.4 Å². The smallest absolute Gasteiger partial charge is 0.274 e. The second-order valence-corrected chi connectivity index (χ2v) is 24.9. The van der Waals surface area contributed by atoms with Crippen molar-refractivity contribution in [3.63, 3.8) is 0 Å². The topological polar surface area (TPSA) is 454 Å². The summed E-state index contributed by atoms with van der Waals surface area (Å²) in [4.78, 5) is 87.2. The first kappa shape index (κ1) is 74.6. The molecule has 28 heteroatoms. The van der Waals surface area contributed by atoms with E-state index < -0.39 is 53.6 Å². The number of aromatic nitrogens is 6. The standard InChI is InChI=1S/C75H90N22O6/c76-58-46-95(43-37-55(49-22-7-1-8-23-49)50-24-9-2-10-25-50)92-64(58)70(101)88-60(35-20-41-85-74(80)81)68(99)91-63-48-97(45-39-57(53-30-15-5-16-31-53)54-32-17-6-18-33-54)94-66(63)72(103)89-61(36-21-42-86-75(82)83)69(100)90-62-47-96(44-38-56(51-26-11-3-12-27-51)52-28-13-4-14-29-52)93-65(62)71(102)87-59(67(77)98)34-19-40-84-73(78)79/h1-18,22-33,46-48,55-57,59-61H,19-21,34-45,76H2,(H2,77,98)(H,87,102)(H,88,101)(H,89,103)(H,90,100)(H,91,99)(H4,78,79,84)(H4,80,81,85)(H4,82,83,86)/t59-,60-,61-/m0/s1. The van der Waals surface area contributed by atoms with Crippen LogP contribution in [0.5, 0.6) is 0 Å². The van der Waals surface area contributed by atoms with Crippen LogP contribution < -0.4 is 71.2 Å². The van der Waals surface area contributed by atoms with E-state index in [1.807, 2.05) is 158 Å². The monoisotopic (exact) mass is 1390 g/mol. The Morgan fingerprint density at radius 3 is 0.913 bits per heavy atom. The molecule has 0 unspecified atom stereocenters. The lowest BCUT2D eigenvalue weighted by Crippen LogP contribution is -2.46. The van der Waals surface area contributed by atoms with Gasteiger partial charge in [0.2, 0.25) is 17.7 Å². The number of nitrogens with one attached hydrogen (secondary N) is 11. The van der Waals surface area contributed by atoms with E-state index in [9.17, 15) is 14.4 Å². The number of amides is 6. The zero-order chi connectivity index (χ0) is 73.0. The van der Waals surface area contributed by atoms with Crippen LogP contribution >= 0.6 is 0 Å². The Bertz CT molecular complexity index is 4170. The van der Waals surface area contributed by atoms with Gasteiger partial charge in [-0.05, 0) is 91.2 Å². The molecule has 0 radical (unpaired) electrons. The lowest BCUT2D eigenvalue weighted by Gasteiger charge is -2.20. The second kappa shape index (κ2) is 37.5. The molecule has 6 aromatic carbocycles. The molecule has 3 aromatic heterocycles. The molecular formula is C75H90N22O6. The fourth-order valence-corrected chi connectivity index (χ4v) is 12.3. The highest BCUT2D eigenvalue weighted by atomic mass is 16.2. The molecule has 3 atom stereocenters. The number of anilines is 3. The van der Waals surface area contributed by atoms with Gasteiger partial charge in [0.25, 0.3) is 17.7 Å². The Morgan fingerprint density at radius 2 is 0.621 bits per heavy atom. The van der Waals surface area contributed by atoms with Gasteiger partial charge in [0.15, 0.2) is 35.0 Å². The zero-order valence-corrected chi connectivity index (χ0v) is 57.1. The number of nitrogen functional groups attached to an aromatic ring is 1. The highest BCUT2D eigenvalue weighted by Gasteiger charge is 2.32. The van der Waals surface area contributed by atoms with Crippen LogP contribution in [0, 0.1) is 16.2 Å². The number of aryl methyl sites for hydroxylation is 3. The Balaban J connectivity index is 1.02. The first-order valence-electron chi connectivity index (χ1n) is 34.2. The first-order chi connectivity index (χ1) is 49.9. The quantitative estimate of drug-likeness (QED) is 0.0113. The summed E-state index contributed by atoms with van der Waals surface area (Å²) in [5, 5.41) is 59.4. The van der Waals surface area contributed by atoms with Crippen molar-refractivity contribution < 1.29 is 28.8 Å². The van der Waals surface area contributed by atoms with Crippen molar-refractivity contribution in [2.75, 3.05) is 36.0 Å². The van der Waals surface area contributed by atoms with Crippen LogP contribution in [0.1, 0.15) is 140 Å². The first-order valence-corrected chi connectivity index (χ1v) is 34.2. The van der Waals surface area contributed by atoms with Crippen LogP contribution in [-0.4, -0.2) is 120 Å². The van der Waals surface area contributed by atoms with Crippen molar-refractivity contribution in [1.29, 1.82) is 16.2 Å². The number of hydrogen-bond acceptors (Lipinski definition) is 13. The lowest BCUT2D eigenvalue weighted by atomic mass is 9.88. The van der Waals surface area contributed by atoms with Crippen molar-refractivity contribution in [2.24, 2.45) is 22.9 Å². The van der Waals surface area contributed by atoms with Crippen LogP contribution in [0.25, 0.3) is 0 Å². The Labute approximate surface area is 597 Å². The van der Waals surface area contributed by atoms with Gasteiger partial charge in [-0.2, -0.15) is 15.3 Å². The fourth-order valence-electron chi connectivity index (χ4n) is 12.3. The van der Waals surface area contributed by atoms with Gasteiger partial charge in [0.1, 0.15) is 18.1 Å². The Hall–Kier alpha value is -12.6. The van der Waals surface area contributed by atoms with Gasteiger partial charge in [0.05, 0.1) is 17.1 Å². The molecule has 0 aliphatic heterocycles. The van der Waals surface area contributed by atoms with E-state index in [1.165, 1.54) is 21.8 Å².